The van der Waals surface area contributed by atoms with E-state index in [9.17, 15) is 9.18 Å². The molecule has 21 heavy (non-hydrogen) atoms. The molecule has 0 atom stereocenters. The number of pyridine rings is 1. The molecule has 2 aromatic rings. The van der Waals surface area contributed by atoms with Crippen LogP contribution >= 0.6 is 11.6 Å². The number of aryl methyl sites for hydroxylation is 1. The highest BCUT2D eigenvalue weighted by atomic mass is 35.5. The van der Waals surface area contributed by atoms with Crippen LogP contribution in [-0.4, -0.2) is 17.9 Å². The zero-order chi connectivity index (χ0) is 15.4. The van der Waals surface area contributed by atoms with Crippen LogP contribution in [0.2, 0.25) is 5.02 Å². The number of amides is 1. The first kappa shape index (κ1) is 15.3. The lowest BCUT2D eigenvalue weighted by atomic mass is 10.1. The summed E-state index contributed by atoms with van der Waals surface area (Å²) in [5.74, 6) is -0.427. The van der Waals surface area contributed by atoms with Gasteiger partial charge in [-0.2, -0.15) is 0 Å². The topological polar surface area (TPSA) is 54.0 Å². The molecule has 0 saturated carbocycles. The average molecular weight is 308 g/mol. The molecule has 0 aliphatic heterocycles. The average Bonchev–Trinajstić information content (AvgIpc) is 2.50. The van der Waals surface area contributed by atoms with Crippen molar-refractivity contribution in [1.82, 2.24) is 4.98 Å². The summed E-state index contributed by atoms with van der Waals surface area (Å²) in [7, 11) is 1.72. The number of nitrogens with zero attached hydrogens (tertiary/aromatic N) is 1. The Morgan fingerprint density at radius 3 is 2.76 bits per heavy atom. The van der Waals surface area contributed by atoms with E-state index in [1.54, 1.807) is 19.2 Å². The van der Waals surface area contributed by atoms with Crippen LogP contribution in [-0.2, 0) is 6.42 Å². The number of nitrogens with one attached hydrogen (secondary N) is 2. The van der Waals surface area contributed by atoms with Gasteiger partial charge in [0.05, 0.1) is 10.7 Å². The van der Waals surface area contributed by atoms with Gasteiger partial charge >= 0.3 is 0 Å². The Hall–Kier alpha value is -2.14. The van der Waals surface area contributed by atoms with Crippen LogP contribution in [0, 0.1) is 5.82 Å². The van der Waals surface area contributed by atoms with Gasteiger partial charge < -0.3 is 10.6 Å². The molecule has 0 spiro atoms. The summed E-state index contributed by atoms with van der Waals surface area (Å²) in [4.78, 5) is 16.6. The summed E-state index contributed by atoms with van der Waals surface area (Å²) in [5, 5.41) is 5.54. The quantitative estimate of drug-likeness (QED) is 0.905. The SMILES string of the molecule is CCc1cc(C(=O)Nc2c(F)cccc2Cl)cc(NC)n1. The number of carbonyl (C=O) groups is 1. The van der Waals surface area contributed by atoms with Crippen molar-refractivity contribution in [3.63, 3.8) is 0 Å². The molecule has 4 nitrogen and oxygen atoms in total. The van der Waals surface area contributed by atoms with E-state index in [4.69, 9.17) is 11.6 Å². The number of benzene rings is 1. The van der Waals surface area contributed by atoms with Crippen molar-refractivity contribution in [3.8, 4) is 0 Å². The zero-order valence-electron chi connectivity index (χ0n) is 11.7. The van der Waals surface area contributed by atoms with Gasteiger partial charge in [-0.05, 0) is 30.7 Å². The van der Waals surface area contributed by atoms with E-state index in [0.717, 1.165) is 5.69 Å². The van der Waals surface area contributed by atoms with Gasteiger partial charge in [0.1, 0.15) is 11.6 Å². The molecule has 1 aromatic carbocycles. The minimum Gasteiger partial charge on any atom is -0.373 e. The van der Waals surface area contributed by atoms with Gasteiger partial charge in [-0.1, -0.05) is 24.6 Å². The highest BCUT2D eigenvalue weighted by Gasteiger charge is 2.14. The molecule has 110 valence electrons. The van der Waals surface area contributed by atoms with Crippen molar-refractivity contribution < 1.29 is 9.18 Å². The van der Waals surface area contributed by atoms with Crippen LogP contribution in [0.5, 0.6) is 0 Å². The predicted molar refractivity (Wildman–Crippen MR) is 82.5 cm³/mol. The number of halogens is 2. The second kappa shape index (κ2) is 6.54. The smallest absolute Gasteiger partial charge is 0.255 e. The maximum atomic E-state index is 13.7. The van der Waals surface area contributed by atoms with E-state index in [-0.39, 0.29) is 10.7 Å². The maximum absolute atomic E-state index is 13.7. The number of anilines is 2. The first-order valence-electron chi connectivity index (χ1n) is 6.49. The standard InChI is InChI=1S/C15H15ClFN3O/c1-3-10-7-9(8-13(18-2)19-10)15(21)20-14-11(16)5-4-6-12(14)17/h4-8H,3H2,1-2H3,(H,18,19)(H,20,21). The molecule has 1 amide bonds. The van der Waals surface area contributed by atoms with Gasteiger partial charge in [0.25, 0.3) is 5.91 Å². The van der Waals surface area contributed by atoms with Crippen LogP contribution in [0.1, 0.15) is 23.0 Å². The van der Waals surface area contributed by atoms with Gasteiger partial charge in [-0.15, -0.1) is 0 Å². The van der Waals surface area contributed by atoms with Crippen LogP contribution in [0.25, 0.3) is 0 Å². The van der Waals surface area contributed by atoms with Crippen molar-refractivity contribution in [2.75, 3.05) is 17.7 Å². The zero-order valence-corrected chi connectivity index (χ0v) is 12.5. The fourth-order valence-electron chi connectivity index (χ4n) is 1.83. The summed E-state index contributed by atoms with van der Waals surface area (Å²) >= 11 is 5.90. The van der Waals surface area contributed by atoms with E-state index < -0.39 is 11.7 Å². The first-order valence-corrected chi connectivity index (χ1v) is 6.87. The summed E-state index contributed by atoms with van der Waals surface area (Å²) in [5.41, 5.74) is 1.14. The number of hydrogen-bond donors (Lipinski definition) is 2. The Labute approximate surface area is 127 Å². The van der Waals surface area contributed by atoms with Crippen LogP contribution in [0.4, 0.5) is 15.9 Å². The molecule has 0 aliphatic carbocycles. The number of aromatic nitrogens is 1. The lowest BCUT2D eigenvalue weighted by Gasteiger charge is -2.10. The van der Waals surface area contributed by atoms with Crippen LogP contribution in [0.3, 0.4) is 0 Å². The summed E-state index contributed by atoms with van der Waals surface area (Å²) in [6.45, 7) is 1.94. The molecule has 1 aromatic heterocycles. The Kier molecular flexibility index (Phi) is 4.75. The largest absolute Gasteiger partial charge is 0.373 e. The number of hydrogen-bond acceptors (Lipinski definition) is 3. The Bertz CT molecular complexity index is 633. The predicted octanol–water partition coefficient (Wildman–Crippen LogP) is 3.73. The summed E-state index contributed by atoms with van der Waals surface area (Å²) < 4.78 is 13.7. The Morgan fingerprint density at radius 1 is 1.38 bits per heavy atom. The maximum Gasteiger partial charge on any atom is 0.255 e. The monoisotopic (exact) mass is 307 g/mol. The van der Waals surface area contributed by atoms with E-state index >= 15 is 0 Å². The number of carbonyl (C=O) groups excluding carboxylic acids is 1. The van der Waals surface area contributed by atoms with Crippen molar-refractivity contribution in [2.45, 2.75) is 13.3 Å². The van der Waals surface area contributed by atoms with Gasteiger partial charge in [0.15, 0.2) is 0 Å². The van der Waals surface area contributed by atoms with E-state index in [0.29, 0.717) is 17.8 Å². The Balaban J connectivity index is 2.32. The molecule has 0 saturated heterocycles. The second-order valence-electron chi connectivity index (χ2n) is 4.39. The third-order valence-corrected chi connectivity index (χ3v) is 3.28. The van der Waals surface area contributed by atoms with E-state index in [2.05, 4.69) is 15.6 Å². The molecular formula is C15H15ClFN3O. The second-order valence-corrected chi connectivity index (χ2v) is 4.79. The van der Waals surface area contributed by atoms with Gasteiger partial charge in [0, 0.05) is 18.3 Å². The van der Waals surface area contributed by atoms with Crippen molar-refractivity contribution in [1.29, 1.82) is 0 Å². The molecule has 6 heteroatoms. The minimum absolute atomic E-state index is 0.0231. The summed E-state index contributed by atoms with van der Waals surface area (Å²) in [6, 6.07) is 7.51. The van der Waals surface area contributed by atoms with Crippen molar-refractivity contribution in [2.24, 2.45) is 0 Å². The Morgan fingerprint density at radius 2 is 2.14 bits per heavy atom. The van der Waals surface area contributed by atoms with Gasteiger partial charge in [-0.3, -0.25) is 4.79 Å². The number of rotatable bonds is 4. The highest BCUT2D eigenvalue weighted by molar-refractivity contribution is 6.34. The molecule has 0 aliphatic rings. The van der Waals surface area contributed by atoms with Crippen LogP contribution < -0.4 is 10.6 Å². The van der Waals surface area contributed by atoms with Gasteiger partial charge in [0.2, 0.25) is 0 Å². The van der Waals surface area contributed by atoms with Crippen LogP contribution in [0.15, 0.2) is 30.3 Å². The highest BCUT2D eigenvalue weighted by Crippen LogP contribution is 2.25. The fraction of sp³-hybridized carbons (Fsp3) is 0.200. The molecule has 0 unspecified atom stereocenters. The van der Waals surface area contributed by atoms with E-state index in [1.165, 1.54) is 18.2 Å². The molecule has 2 rings (SSSR count). The number of para-hydroxylation sites is 1. The first-order chi connectivity index (χ1) is 10.0. The van der Waals surface area contributed by atoms with Crippen molar-refractivity contribution >= 4 is 29.0 Å². The lowest BCUT2D eigenvalue weighted by molar-refractivity contribution is 0.102. The molecular weight excluding hydrogens is 293 g/mol. The van der Waals surface area contributed by atoms with Crippen molar-refractivity contribution in [3.05, 3.63) is 52.4 Å². The van der Waals surface area contributed by atoms with E-state index in [1.807, 2.05) is 6.92 Å². The van der Waals surface area contributed by atoms with Gasteiger partial charge in [-0.25, -0.2) is 9.37 Å². The third kappa shape index (κ3) is 3.49. The lowest BCUT2D eigenvalue weighted by Crippen LogP contribution is -2.14. The molecule has 2 N–H and O–H groups in total. The summed E-state index contributed by atoms with van der Waals surface area (Å²) in [6.07, 6.45) is 0.691. The molecule has 0 fully saturated rings. The molecule has 0 radical (unpaired) electrons. The third-order valence-electron chi connectivity index (χ3n) is 2.96. The normalized spacial score (nSPS) is 10.3. The molecule has 1 heterocycles. The minimum atomic E-state index is -0.575. The molecule has 0 bridgehead atoms. The fourth-order valence-corrected chi connectivity index (χ4v) is 2.04.